The second-order valence-corrected chi connectivity index (χ2v) is 10.8. The van der Waals surface area contributed by atoms with Crippen LogP contribution in [0.15, 0.2) is 36.4 Å². The number of aryl methyl sites for hydroxylation is 1. The number of carbonyl (C=O) groups is 4. The Balaban J connectivity index is 1.59. The maximum atomic E-state index is 13.9. The monoisotopic (exact) mass is 631 g/mol. The van der Waals surface area contributed by atoms with Gasteiger partial charge in [-0.1, -0.05) is 6.07 Å². The van der Waals surface area contributed by atoms with Gasteiger partial charge in [0.15, 0.2) is 0 Å². The van der Waals surface area contributed by atoms with E-state index in [-0.39, 0.29) is 44.4 Å². The molecule has 4 rings (SSSR count). The van der Waals surface area contributed by atoms with Gasteiger partial charge in [0.1, 0.15) is 25.6 Å². The van der Waals surface area contributed by atoms with E-state index in [4.69, 9.17) is 4.74 Å². The van der Waals surface area contributed by atoms with Crippen molar-refractivity contribution in [3.05, 3.63) is 70.0 Å². The molecule has 2 aliphatic rings. The van der Waals surface area contributed by atoms with Gasteiger partial charge in [0, 0.05) is 38.5 Å². The first kappa shape index (κ1) is 32.9. The minimum atomic E-state index is -5.06. The van der Waals surface area contributed by atoms with Crippen molar-refractivity contribution in [1.82, 2.24) is 14.7 Å². The lowest BCUT2D eigenvalue weighted by Gasteiger charge is -2.40. The zero-order chi connectivity index (χ0) is 32.6. The Morgan fingerprint density at radius 3 is 2.09 bits per heavy atom. The number of alkyl halides is 6. The van der Waals surface area contributed by atoms with Gasteiger partial charge in [-0.05, 0) is 60.4 Å². The van der Waals surface area contributed by atoms with Gasteiger partial charge in [0.25, 0.3) is 11.8 Å². The summed E-state index contributed by atoms with van der Waals surface area (Å²) in [4.78, 5) is 54.2. The molecule has 2 saturated heterocycles. The Morgan fingerprint density at radius 2 is 1.55 bits per heavy atom. The molecule has 0 radical (unpaired) electrons. The number of rotatable bonds is 6. The maximum absolute atomic E-state index is 13.9. The first-order valence-electron chi connectivity index (χ1n) is 13.4. The van der Waals surface area contributed by atoms with E-state index in [0.717, 1.165) is 9.80 Å². The Labute approximate surface area is 247 Å². The van der Waals surface area contributed by atoms with Gasteiger partial charge in [-0.25, -0.2) is 4.39 Å². The highest BCUT2D eigenvalue weighted by atomic mass is 19.4. The highest BCUT2D eigenvalue weighted by molar-refractivity contribution is 6.01. The second-order valence-electron chi connectivity index (χ2n) is 10.8. The summed E-state index contributed by atoms with van der Waals surface area (Å²) in [5.41, 5.74) is -2.44. The summed E-state index contributed by atoms with van der Waals surface area (Å²) in [7, 11) is 1.25. The molecule has 238 valence electrons. The largest absolute Gasteiger partial charge is 0.416 e. The zero-order valence-electron chi connectivity index (χ0n) is 23.6. The third-order valence-electron chi connectivity index (χ3n) is 7.70. The third kappa shape index (κ3) is 7.37. The maximum Gasteiger partial charge on any atom is 0.416 e. The van der Waals surface area contributed by atoms with Crippen LogP contribution in [0.1, 0.15) is 40.2 Å². The van der Waals surface area contributed by atoms with Crippen molar-refractivity contribution >= 4 is 23.6 Å². The van der Waals surface area contributed by atoms with Crippen LogP contribution < -0.4 is 0 Å². The molecule has 0 N–H and O–H groups in total. The molecular formula is C29H28F7N3O5. The zero-order valence-corrected chi connectivity index (χ0v) is 23.6. The van der Waals surface area contributed by atoms with Crippen molar-refractivity contribution < 1.29 is 54.6 Å². The Morgan fingerprint density at radius 1 is 0.955 bits per heavy atom. The van der Waals surface area contributed by atoms with E-state index in [9.17, 15) is 49.9 Å². The first-order valence-corrected chi connectivity index (χ1v) is 13.4. The average Bonchev–Trinajstić information content (AvgIpc) is 2.93. The average molecular weight is 632 g/mol. The molecular weight excluding hydrogens is 603 g/mol. The molecule has 44 heavy (non-hydrogen) atoms. The van der Waals surface area contributed by atoms with Crippen LogP contribution in [0.4, 0.5) is 30.7 Å². The molecule has 2 atom stereocenters. The first-order chi connectivity index (χ1) is 20.5. The van der Waals surface area contributed by atoms with Gasteiger partial charge in [0.2, 0.25) is 11.8 Å². The van der Waals surface area contributed by atoms with Crippen molar-refractivity contribution in [3.8, 4) is 0 Å². The number of carbonyl (C=O) groups excluding carboxylic acids is 4. The van der Waals surface area contributed by atoms with Crippen molar-refractivity contribution in [2.75, 3.05) is 39.9 Å². The second kappa shape index (κ2) is 12.5. The molecule has 2 heterocycles. The number of amides is 4. The number of imide groups is 1. The summed E-state index contributed by atoms with van der Waals surface area (Å²) in [5, 5.41) is 0. The predicted molar refractivity (Wildman–Crippen MR) is 139 cm³/mol. The smallest absolute Gasteiger partial charge is 0.362 e. The molecule has 0 aromatic heterocycles. The molecule has 4 amide bonds. The molecule has 0 spiro atoms. The van der Waals surface area contributed by atoms with Crippen molar-refractivity contribution in [2.45, 2.75) is 38.2 Å². The topological polar surface area (TPSA) is 87.2 Å². The number of nitrogens with zero attached hydrogens (tertiary/aromatic N) is 3. The fourth-order valence-corrected chi connectivity index (χ4v) is 5.52. The fraction of sp³-hybridized carbons (Fsp3) is 0.448. The van der Waals surface area contributed by atoms with Gasteiger partial charge in [-0.2, -0.15) is 26.3 Å². The number of hydrogen-bond donors (Lipinski definition) is 0. The van der Waals surface area contributed by atoms with Gasteiger partial charge in [0.05, 0.1) is 11.1 Å². The van der Waals surface area contributed by atoms with Crippen molar-refractivity contribution in [2.24, 2.45) is 5.92 Å². The summed E-state index contributed by atoms with van der Waals surface area (Å²) < 4.78 is 99.0. The van der Waals surface area contributed by atoms with Crippen LogP contribution >= 0.6 is 0 Å². The van der Waals surface area contributed by atoms with Crippen molar-refractivity contribution in [1.29, 1.82) is 0 Å². The van der Waals surface area contributed by atoms with Crippen LogP contribution in [0.5, 0.6) is 0 Å². The van der Waals surface area contributed by atoms with E-state index in [1.807, 2.05) is 0 Å². The van der Waals surface area contributed by atoms with Crippen LogP contribution in [0.2, 0.25) is 0 Å². The number of ether oxygens (including phenoxy) is 1. The van der Waals surface area contributed by atoms with E-state index in [2.05, 4.69) is 0 Å². The summed E-state index contributed by atoms with van der Waals surface area (Å²) in [6.45, 7) is -0.326. The van der Waals surface area contributed by atoms with Crippen molar-refractivity contribution in [3.63, 3.8) is 0 Å². The van der Waals surface area contributed by atoms with Gasteiger partial charge < -0.3 is 14.5 Å². The van der Waals surface area contributed by atoms with E-state index >= 15 is 0 Å². The molecule has 0 bridgehead atoms. The van der Waals surface area contributed by atoms with Crippen LogP contribution in [-0.2, 0) is 42.8 Å². The molecule has 0 aliphatic carbocycles. The molecule has 2 unspecified atom stereocenters. The number of piperidine rings is 1. The molecule has 2 fully saturated rings. The summed E-state index contributed by atoms with van der Waals surface area (Å²) in [5.74, 6) is -4.73. The highest BCUT2D eigenvalue weighted by Gasteiger charge is 2.41. The SMILES string of the molecule is Cc1cc(F)ccc1C1CN(C(=O)CN2C(=O)COCC2=O)CCC1C(=O)N(C)Cc1cc(C(F)(F)F)cc(C(F)(F)F)c1. The normalized spacial score (nSPS) is 19.8. The molecule has 2 aromatic carbocycles. The minimum Gasteiger partial charge on any atom is -0.362 e. The molecule has 8 nitrogen and oxygen atoms in total. The van der Waals surface area contributed by atoms with Crippen LogP contribution in [0, 0.1) is 18.7 Å². The summed E-state index contributed by atoms with van der Waals surface area (Å²) >= 11 is 0. The van der Waals surface area contributed by atoms with E-state index in [1.165, 1.54) is 30.1 Å². The fourth-order valence-electron chi connectivity index (χ4n) is 5.52. The lowest BCUT2D eigenvalue weighted by molar-refractivity contribution is -0.162. The Hall–Kier alpha value is -4.01. The Bertz CT molecular complexity index is 1410. The Kier molecular flexibility index (Phi) is 9.37. The van der Waals surface area contributed by atoms with Crippen LogP contribution in [0.3, 0.4) is 0 Å². The number of hydrogen-bond acceptors (Lipinski definition) is 5. The highest BCUT2D eigenvalue weighted by Crippen LogP contribution is 2.38. The summed E-state index contributed by atoms with van der Waals surface area (Å²) in [6.07, 6.45) is -10.1. The van der Waals surface area contributed by atoms with E-state index < -0.39 is 77.9 Å². The molecule has 15 heteroatoms. The number of likely N-dealkylation sites (tertiary alicyclic amines) is 1. The van der Waals surface area contributed by atoms with Crippen LogP contribution in [-0.4, -0.2) is 78.2 Å². The molecule has 2 aromatic rings. The van der Waals surface area contributed by atoms with Crippen LogP contribution in [0.25, 0.3) is 0 Å². The van der Waals surface area contributed by atoms with Gasteiger partial charge >= 0.3 is 12.4 Å². The lowest BCUT2D eigenvalue weighted by Crippen LogP contribution is -2.53. The molecule has 0 saturated carbocycles. The number of benzene rings is 2. The third-order valence-corrected chi connectivity index (χ3v) is 7.70. The van der Waals surface area contributed by atoms with Gasteiger partial charge in [-0.3, -0.25) is 24.1 Å². The lowest BCUT2D eigenvalue weighted by atomic mass is 9.78. The standard InChI is InChI=1S/C29H28F7N3O5/c1-16-7-20(30)3-4-21(16)23-12-38(24(40)13-39-25(41)14-44-15-26(39)42)6-5-22(23)27(43)37(2)11-17-8-18(28(31,32)33)10-19(9-17)29(34,35)36/h3-4,7-10,22-23H,5-6,11-15H2,1-2H3. The minimum absolute atomic E-state index is 0.00342. The van der Waals surface area contributed by atoms with Gasteiger partial charge in [-0.15, -0.1) is 0 Å². The number of halogens is 7. The quantitative estimate of drug-likeness (QED) is 0.354. The summed E-state index contributed by atoms with van der Waals surface area (Å²) in [6, 6.07) is 4.95. The predicted octanol–water partition coefficient (Wildman–Crippen LogP) is 4.15. The number of morpholine rings is 1. The van der Waals surface area contributed by atoms with E-state index in [1.54, 1.807) is 6.92 Å². The molecule has 2 aliphatic heterocycles. The van der Waals surface area contributed by atoms with E-state index in [0.29, 0.717) is 23.3 Å².